The van der Waals surface area contributed by atoms with Crippen molar-refractivity contribution in [1.82, 2.24) is 13.7 Å². The number of aromatic nitrogens is 3. The van der Waals surface area contributed by atoms with E-state index in [9.17, 15) is 0 Å². The van der Waals surface area contributed by atoms with Crippen molar-refractivity contribution in [3.8, 4) is 117 Å². The van der Waals surface area contributed by atoms with Gasteiger partial charge < -0.3 is 13.7 Å². The van der Waals surface area contributed by atoms with Crippen molar-refractivity contribution < 1.29 is 0 Å². The Morgan fingerprint density at radius 1 is 0.135 bits per heavy atom. The molecule has 0 aliphatic rings. The van der Waals surface area contributed by atoms with Crippen LogP contribution in [0.3, 0.4) is 0 Å². The van der Waals surface area contributed by atoms with Crippen LogP contribution in [0.15, 0.2) is 510 Å². The van der Waals surface area contributed by atoms with Gasteiger partial charge in [0.25, 0.3) is 0 Å². The maximum absolute atomic E-state index is 2.45. The number of aryl methyl sites for hydroxylation is 3. The zero-order valence-corrected chi connectivity index (χ0v) is 79.0. The van der Waals surface area contributed by atoms with Gasteiger partial charge in [-0.25, -0.2) is 0 Å². The molecule has 24 aromatic carbocycles. The summed E-state index contributed by atoms with van der Waals surface area (Å²) in [6, 6.07) is 187. The SMILES string of the molecule is CCc1ccc2c(c1)c1ccccc1n2-c1ccc(-c2c3ccccc3c(-c3ccccc3)c3cc(-c4ccccc4)ccc23)cc1.CCc1ccc2c3ccccc3n(-c3ccc(-c4c5ccccc5c(-c5ccccc5)c5cc(-c6ccccc6)ccc45)cc3)c2c1.CCc1cccc2c3ccccc3n(-c3ccc(-c4c5ccccc5c(-c5ccccc5)c5cc(-c6ccccc6)ccc45)cc3)c12. The molecule has 0 radical (unpaired) electrons. The highest BCUT2D eigenvalue weighted by molar-refractivity contribution is 6.26. The summed E-state index contributed by atoms with van der Waals surface area (Å²) in [6.45, 7) is 6.70. The van der Waals surface area contributed by atoms with Gasteiger partial charge in [-0.3, -0.25) is 0 Å². The first-order chi connectivity index (χ1) is 69.9. The van der Waals surface area contributed by atoms with Gasteiger partial charge in [-0.1, -0.05) is 439 Å². The summed E-state index contributed by atoms with van der Waals surface area (Å²) in [6.07, 6.45) is 3.03. The van der Waals surface area contributed by atoms with Gasteiger partial charge in [0.1, 0.15) is 0 Å². The van der Waals surface area contributed by atoms with Crippen molar-refractivity contribution >= 4 is 130 Å². The van der Waals surface area contributed by atoms with Crippen LogP contribution in [0.2, 0.25) is 0 Å². The molecule has 0 aliphatic heterocycles. The van der Waals surface area contributed by atoms with Crippen LogP contribution in [-0.2, 0) is 19.3 Å². The van der Waals surface area contributed by atoms with Gasteiger partial charge in [-0.2, -0.15) is 0 Å². The monoisotopic (exact) mass is 1800 g/mol. The third-order valence-corrected chi connectivity index (χ3v) is 29.3. The smallest absolute Gasteiger partial charge is 0.0572 e. The number of nitrogens with zero attached hydrogens (tertiary/aromatic N) is 3. The van der Waals surface area contributed by atoms with Crippen molar-refractivity contribution in [3.63, 3.8) is 0 Å². The summed E-state index contributed by atoms with van der Waals surface area (Å²) in [4.78, 5) is 0. The molecular formula is C138H99N3. The number of para-hydroxylation sites is 4. The fraction of sp³-hybridized carbons (Fsp3) is 0.0435. The van der Waals surface area contributed by atoms with Gasteiger partial charge in [-0.15, -0.1) is 0 Å². The molecule has 0 amide bonds. The van der Waals surface area contributed by atoms with E-state index in [0.717, 1.165) is 19.3 Å². The third-order valence-electron chi connectivity index (χ3n) is 29.3. The molecule has 0 aliphatic carbocycles. The highest BCUT2D eigenvalue weighted by Gasteiger charge is 2.26. The summed E-state index contributed by atoms with van der Waals surface area (Å²) in [7, 11) is 0. The molecule has 0 saturated heterocycles. The Bertz CT molecular complexity index is 9450. The Labute approximate surface area is 821 Å². The van der Waals surface area contributed by atoms with Crippen molar-refractivity contribution in [2.24, 2.45) is 0 Å². The predicted octanol–water partition coefficient (Wildman–Crippen LogP) is 38.0. The Hall–Kier alpha value is -17.8. The van der Waals surface area contributed by atoms with E-state index in [4.69, 9.17) is 0 Å². The minimum atomic E-state index is 0.989. The molecule has 0 N–H and O–H groups in total. The molecule has 3 nitrogen and oxygen atoms in total. The Kier molecular flexibility index (Phi) is 21.9. The van der Waals surface area contributed by atoms with Gasteiger partial charge in [0, 0.05) is 49.4 Å². The first-order valence-corrected chi connectivity index (χ1v) is 49.5. The first kappa shape index (κ1) is 84.9. The second-order valence-corrected chi connectivity index (χ2v) is 37.1. The lowest BCUT2D eigenvalue weighted by Crippen LogP contribution is -1.97. The molecule has 0 fully saturated rings. The Balaban J connectivity index is 0.000000111. The fourth-order valence-electron chi connectivity index (χ4n) is 22.7. The molecule has 3 heteroatoms. The van der Waals surface area contributed by atoms with Crippen LogP contribution in [0.25, 0.3) is 247 Å². The summed E-state index contributed by atoms with van der Waals surface area (Å²) in [5.74, 6) is 0. The minimum Gasteiger partial charge on any atom is -0.309 e. The van der Waals surface area contributed by atoms with Crippen molar-refractivity contribution in [1.29, 1.82) is 0 Å². The first-order valence-electron chi connectivity index (χ1n) is 49.5. The second kappa shape index (κ2) is 36.4. The third kappa shape index (κ3) is 15.0. The molecule has 0 spiro atoms. The van der Waals surface area contributed by atoms with E-state index >= 15 is 0 Å². The van der Waals surface area contributed by atoms with E-state index in [1.165, 1.54) is 264 Å². The highest BCUT2D eigenvalue weighted by Crippen LogP contribution is 2.51. The normalized spacial score (nSPS) is 11.6. The lowest BCUT2D eigenvalue weighted by atomic mass is 9.85. The molecule has 3 aromatic heterocycles. The van der Waals surface area contributed by atoms with E-state index in [1.54, 1.807) is 0 Å². The largest absolute Gasteiger partial charge is 0.309 e. The van der Waals surface area contributed by atoms with Crippen LogP contribution in [0, 0.1) is 0 Å². The van der Waals surface area contributed by atoms with Crippen molar-refractivity contribution in [2.45, 2.75) is 40.0 Å². The molecule has 3 heterocycles. The van der Waals surface area contributed by atoms with Crippen LogP contribution < -0.4 is 0 Å². The summed E-state index contributed by atoms with van der Waals surface area (Å²) < 4.78 is 7.29. The molecule has 141 heavy (non-hydrogen) atoms. The Morgan fingerprint density at radius 3 is 0.738 bits per heavy atom. The van der Waals surface area contributed by atoms with Crippen LogP contribution in [0.1, 0.15) is 37.5 Å². The Morgan fingerprint density at radius 2 is 0.376 bits per heavy atom. The van der Waals surface area contributed by atoms with E-state index < -0.39 is 0 Å². The fourth-order valence-corrected chi connectivity index (χ4v) is 22.7. The second-order valence-electron chi connectivity index (χ2n) is 37.1. The zero-order chi connectivity index (χ0) is 94.0. The van der Waals surface area contributed by atoms with Crippen LogP contribution >= 0.6 is 0 Å². The highest BCUT2D eigenvalue weighted by atomic mass is 15.0. The van der Waals surface area contributed by atoms with E-state index in [2.05, 4.69) is 544 Å². The van der Waals surface area contributed by atoms with Crippen LogP contribution in [0.4, 0.5) is 0 Å². The molecule has 0 unspecified atom stereocenters. The van der Waals surface area contributed by atoms with Gasteiger partial charge in [0.05, 0.1) is 33.1 Å². The lowest BCUT2D eigenvalue weighted by molar-refractivity contribution is 1.11. The van der Waals surface area contributed by atoms with E-state index in [1.807, 2.05) is 0 Å². The average molecular weight is 1800 g/mol. The number of benzene rings is 24. The van der Waals surface area contributed by atoms with Crippen molar-refractivity contribution in [3.05, 3.63) is 526 Å². The minimum absolute atomic E-state index is 0.989. The molecule has 666 valence electrons. The average Bonchev–Trinajstić information content (AvgIpc) is 1.71. The number of rotatable bonds is 15. The molecule has 27 rings (SSSR count). The number of hydrogen-bond donors (Lipinski definition) is 0. The number of fused-ring (bicyclic) bond motifs is 15. The predicted molar refractivity (Wildman–Crippen MR) is 604 cm³/mol. The van der Waals surface area contributed by atoms with Crippen LogP contribution in [-0.4, -0.2) is 13.7 Å². The number of hydrogen-bond acceptors (Lipinski definition) is 0. The van der Waals surface area contributed by atoms with E-state index in [0.29, 0.717) is 0 Å². The van der Waals surface area contributed by atoms with E-state index in [-0.39, 0.29) is 0 Å². The molecule has 0 saturated carbocycles. The lowest BCUT2D eigenvalue weighted by Gasteiger charge is -2.19. The van der Waals surface area contributed by atoms with Gasteiger partial charge in [0.2, 0.25) is 0 Å². The maximum Gasteiger partial charge on any atom is 0.0572 e. The summed E-state index contributed by atoms with van der Waals surface area (Å²) >= 11 is 0. The summed E-state index contributed by atoms with van der Waals surface area (Å²) in [5, 5.41) is 23.0. The molecular weight excluding hydrogens is 1700 g/mol. The van der Waals surface area contributed by atoms with Gasteiger partial charge >= 0.3 is 0 Å². The molecule has 0 bridgehead atoms. The van der Waals surface area contributed by atoms with Gasteiger partial charge in [0.15, 0.2) is 0 Å². The summed E-state index contributed by atoms with van der Waals surface area (Å²) in [5.41, 5.74) is 37.5. The van der Waals surface area contributed by atoms with Gasteiger partial charge in [-0.05, 0) is 292 Å². The molecule has 27 aromatic rings. The quantitative estimate of drug-likeness (QED) is 0.0909. The molecule has 0 atom stereocenters. The zero-order valence-electron chi connectivity index (χ0n) is 79.0. The van der Waals surface area contributed by atoms with Crippen LogP contribution in [0.5, 0.6) is 0 Å². The van der Waals surface area contributed by atoms with Crippen molar-refractivity contribution in [2.75, 3.05) is 0 Å². The standard InChI is InChI=1S/3C46H33N/c1-2-31-18-13-22-41-37-19-11-12-23-43(37)47(46(31)41)36-27-24-34(25-28-36)44-38-20-9-10-21-39(38)45(33-16-7-4-8-17-33)42-30-35(26-29-40(42)44)32-14-5-3-6-15-32;1-2-31-21-28-44-41(29-31)37-17-11-12-20-43(37)47(44)36-25-22-34(23-26-36)45-38-18-9-10-19-39(38)46(33-15-7-4-8-16-33)42-30-35(24-27-40(42)45)32-13-5-3-6-14-32;1-2-31-21-27-38-37-17-11-12-20-43(37)47(44(38)29-31)36-25-22-34(23-26-36)45-39-18-9-10-19-40(39)46(33-15-7-4-8-16-33)42-30-35(24-28-41(42)45)32-13-5-3-6-14-32/h3*3-30H,2H2,1H3. The topological polar surface area (TPSA) is 14.8 Å². The maximum atomic E-state index is 2.45.